The van der Waals surface area contributed by atoms with Crippen molar-refractivity contribution in [2.75, 3.05) is 0 Å². The van der Waals surface area contributed by atoms with E-state index in [-0.39, 0.29) is 0 Å². The fourth-order valence-electron chi connectivity index (χ4n) is 0.817. The molecule has 7 heavy (non-hydrogen) atoms. The molecule has 0 heterocycles. The molecule has 1 rings (SSSR count). The predicted molar refractivity (Wildman–Crippen MR) is 31.0 cm³/mol. The average molecular weight is 97.2 g/mol. The minimum Gasteiger partial charge on any atom is -0.327 e. The van der Waals surface area contributed by atoms with E-state index in [1.165, 1.54) is 12.8 Å². The lowest BCUT2D eigenvalue weighted by molar-refractivity contribution is 0.606. The molecule has 0 unspecified atom stereocenters. The summed E-state index contributed by atoms with van der Waals surface area (Å²) < 4.78 is 0. The molecule has 0 aromatic heterocycles. The second-order valence-corrected chi connectivity index (χ2v) is 2.04. The van der Waals surface area contributed by atoms with Crippen molar-refractivity contribution in [2.45, 2.75) is 25.3 Å². The fraction of sp³-hybridized carbons (Fsp3) is 0.667. The third-order valence-corrected chi connectivity index (χ3v) is 1.31. The molecular weight excluding hydrogens is 86.1 g/mol. The topological polar surface area (TPSA) is 26.0 Å². The van der Waals surface area contributed by atoms with Gasteiger partial charge in [0.2, 0.25) is 0 Å². The van der Waals surface area contributed by atoms with Crippen molar-refractivity contribution in [3.05, 3.63) is 12.2 Å². The zero-order valence-electron chi connectivity index (χ0n) is 4.43. The van der Waals surface area contributed by atoms with Crippen molar-refractivity contribution in [2.24, 2.45) is 5.73 Å². The van der Waals surface area contributed by atoms with Gasteiger partial charge in [0, 0.05) is 6.04 Å². The van der Waals surface area contributed by atoms with Gasteiger partial charge in [0.15, 0.2) is 0 Å². The molecule has 0 radical (unpaired) electrons. The Bertz CT molecular complexity index is 76.2. The molecule has 0 aromatic carbocycles. The first-order valence-corrected chi connectivity index (χ1v) is 2.80. The molecule has 0 bridgehead atoms. The molecule has 2 N–H and O–H groups in total. The van der Waals surface area contributed by atoms with Gasteiger partial charge >= 0.3 is 0 Å². The second kappa shape index (κ2) is 2.12. The largest absolute Gasteiger partial charge is 0.327 e. The van der Waals surface area contributed by atoms with Crippen LogP contribution >= 0.6 is 0 Å². The Balaban J connectivity index is 2.32. The fourth-order valence-corrected chi connectivity index (χ4v) is 0.817. The molecule has 0 saturated carbocycles. The van der Waals surface area contributed by atoms with Crippen LogP contribution in [0.3, 0.4) is 0 Å². The quantitative estimate of drug-likeness (QED) is 0.449. The van der Waals surface area contributed by atoms with Crippen molar-refractivity contribution >= 4 is 0 Å². The molecule has 1 nitrogen and oxygen atoms in total. The zero-order chi connectivity index (χ0) is 5.11. The molecule has 0 spiro atoms. The van der Waals surface area contributed by atoms with Gasteiger partial charge in [-0.05, 0) is 19.3 Å². The summed E-state index contributed by atoms with van der Waals surface area (Å²) >= 11 is 0. The highest BCUT2D eigenvalue weighted by Gasteiger charge is 2.00. The van der Waals surface area contributed by atoms with Crippen LogP contribution in [0.5, 0.6) is 0 Å². The Labute approximate surface area is 44.2 Å². The summed E-state index contributed by atoms with van der Waals surface area (Å²) in [6, 6.07) is 0.449. The van der Waals surface area contributed by atoms with E-state index < -0.39 is 0 Å². The molecule has 0 aliphatic heterocycles. The van der Waals surface area contributed by atoms with Gasteiger partial charge in [0.1, 0.15) is 0 Å². The summed E-state index contributed by atoms with van der Waals surface area (Å²) in [4.78, 5) is 0. The Hall–Kier alpha value is -0.300. The van der Waals surface area contributed by atoms with E-state index in [4.69, 9.17) is 5.73 Å². The molecule has 1 aliphatic carbocycles. The summed E-state index contributed by atoms with van der Waals surface area (Å²) in [6.07, 6.45) is 7.80. The highest BCUT2D eigenvalue weighted by Crippen LogP contribution is 2.06. The maximum atomic E-state index is 5.58. The molecule has 40 valence electrons. The van der Waals surface area contributed by atoms with Gasteiger partial charge in [-0.25, -0.2) is 0 Å². The van der Waals surface area contributed by atoms with E-state index >= 15 is 0 Å². The monoisotopic (exact) mass is 97.1 g/mol. The van der Waals surface area contributed by atoms with Crippen LogP contribution in [0.4, 0.5) is 0 Å². The maximum Gasteiger partial charge on any atom is 0.00763 e. The first kappa shape index (κ1) is 4.85. The van der Waals surface area contributed by atoms with E-state index in [0.29, 0.717) is 6.04 Å². The molecule has 0 fully saturated rings. The first-order valence-electron chi connectivity index (χ1n) is 2.80. The van der Waals surface area contributed by atoms with Crippen molar-refractivity contribution in [3.8, 4) is 0 Å². The highest BCUT2D eigenvalue weighted by molar-refractivity contribution is 4.91. The minimum absolute atomic E-state index is 0.449. The van der Waals surface area contributed by atoms with Gasteiger partial charge in [-0.3, -0.25) is 0 Å². The van der Waals surface area contributed by atoms with Crippen LogP contribution in [0.25, 0.3) is 0 Å². The average Bonchev–Trinajstić information content (AvgIpc) is 1.69. The summed E-state index contributed by atoms with van der Waals surface area (Å²) in [5.41, 5.74) is 5.58. The van der Waals surface area contributed by atoms with Crippen molar-refractivity contribution < 1.29 is 0 Å². The third-order valence-electron chi connectivity index (χ3n) is 1.31. The molecule has 0 aromatic rings. The lowest BCUT2D eigenvalue weighted by Crippen LogP contribution is -2.19. The number of hydrogen-bond donors (Lipinski definition) is 1. The normalized spacial score (nSPS) is 30.7. The molecule has 0 amide bonds. The summed E-state index contributed by atoms with van der Waals surface area (Å²) in [6.45, 7) is 0. The standard InChI is InChI=1S/C6H11N/c7-6-4-2-1-3-5-6/h1-2,6H,3-5,7H2/t6-/m0/s1. The van der Waals surface area contributed by atoms with E-state index in [1.807, 2.05) is 0 Å². The molecule has 1 heteroatoms. The summed E-state index contributed by atoms with van der Waals surface area (Å²) in [5, 5.41) is 0. The van der Waals surface area contributed by atoms with E-state index in [9.17, 15) is 0 Å². The van der Waals surface area contributed by atoms with Crippen molar-refractivity contribution in [1.29, 1.82) is 0 Å². The third kappa shape index (κ3) is 1.32. The number of rotatable bonds is 0. The SMILES string of the molecule is N[C@H]1CC=CCC1. The van der Waals surface area contributed by atoms with E-state index in [0.717, 1.165) is 6.42 Å². The van der Waals surface area contributed by atoms with E-state index in [1.54, 1.807) is 0 Å². The number of nitrogens with two attached hydrogens (primary N) is 1. The smallest absolute Gasteiger partial charge is 0.00763 e. The van der Waals surface area contributed by atoms with Crippen LogP contribution in [0.15, 0.2) is 12.2 Å². The Morgan fingerprint density at radius 3 is 2.57 bits per heavy atom. The van der Waals surface area contributed by atoms with Gasteiger partial charge in [-0.2, -0.15) is 0 Å². The van der Waals surface area contributed by atoms with Gasteiger partial charge in [-0.1, -0.05) is 12.2 Å². The predicted octanol–water partition coefficient (Wildman–Crippen LogP) is 1.05. The Morgan fingerprint density at radius 1 is 1.43 bits per heavy atom. The maximum absolute atomic E-state index is 5.58. The molecule has 1 atom stereocenters. The van der Waals surface area contributed by atoms with Crippen LogP contribution in [-0.4, -0.2) is 6.04 Å². The lowest BCUT2D eigenvalue weighted by atomic mass is 10.0. The molecule has 1 aliphatic rings. The van der Waals surface area contributed by atoms with Crippen molar-refractivity contribution in [3.63, 3.8) is 0 Å². The second-order valence-electron chi connectivity index (χ2n) is 2.04. The van der Waals surface area contributed by atoms with E-state index in [2.05, 4.69) is 12.2 Å². The zero-order valence-corrected chi connectivity index (χ0v) is 4.43. The summed E-state index contributed by atoms with van der Waals surface area (Å²) in [5.74, 6) is 0. The Morgan fingerprint density at radius 2 is 2.29 bits per heavy atom. The van der Waals surface area contributed by atoms with Gasteiger partial charge in [0.05, 0.1) is 0 Å². The molecule has 0 saturated heterocycles. The van der Waals surface area contributed by atoms with Crippen molar-refractivity contribution in [1.82, 2.24) is 0 Å². The van der Waals surface area contributed by atoms with Gasteiger partial charge in [-0.15, -0.1) is 0 Å². The molecular formula is C6H11N. The minimum atomic E-state index is 0.449. The van der Waals surface area contributed by atoms with Crippen LogP contribution < -0.4 is 5.73 Å². The highest BCUT2D eigenvalue weighted by atomic mass is 14.6. The van der Waals surface area contributed by atoms with Crippen LogP contribution in [0.1, 0.15) is 19.3 Å². The van der Waals surface area contributed by atoms with Gasteiger partial charge in [0.25, 0.3) is 0 Å². The number of hydrogen-bond acceptors (Lipinski definition) is 1. The van der Waals surface area contributed by atoms with Crippen LogP contribution in [0.2, 0.25) is 0 Å². The Kier molecular flexibility index (Phi) is 1.47. The van der Waals surface area contributed by atoms with Crippen LogP contribution in [0, 0.1) is 0 Å². The summed E-state index contributed by atoms with van der Waals surface area (Å²) in [7, 11) is 0. The lowest BCUT2D eigenvalue weighted by Gasteiger charge is -2.09. The van der Waals surface area contributed by atoms with Gasteiger partial charge < -0.3 is 5.73 Å². The first-order chi connectivity index (χ1) is 3.39. The van der Waals surface area contributed by atoms with Crippen LogP contribution in [-0.2, 0) is 0 Å². The number of allylic oxidation sites excluding steroid dienone is 1.